The van der Waals surface area contributed by atoms with Crippen LogP contribution >= 0.6 is 0 Å². The van der Waals surface area contributed by atoms with Crippen LogP contribution in [0.25, 0.3) is 0 Å². The molecule has 1 aromatic rings. The van der Waals surface area contributed by atoms with Crippen molar-refractivity contribution in [2.24, 2.45) is 0 Å². The van der Waals surface area contributed by atoms with Crippen molar-refractivity contribution in [2.45, 2.75) is 233 Å². The van der Waals surface area contributed by atoms with Gasteiger partial charge in [-0.15, -0.1) is 0 Å². The van der Waals surface area contributed by atoms with E-state index in [0.29, 0.717) is 0 Å². The number of aromatic nitrogens is 2. The molecule has 242 valence electrons. The van der Waals surface area contributed by atoms with E-state index in [9.17, 15) is 0 Å². The molecule has 0 bridgehead atoms. The summed E-state index contributed by atoms with van der Waals surface area (Å²) >= 11 is 0. The standard InChI is InChI=1S/C39H77N2/c1-4-7-10-13-15-17-18-19-20-21-22-23-24-25-27-30-33-36-41-38-37-40(39(41)34-31-28-12-9-6-3)35-32-29-26-16-14-11-8-5-2/h37-38H,4-36H2,1-3H3/q+1. The van der Waals surface area contributed by atoms with E-state index in [1.54, 1.807) is 5.82 Å². The number of nitrogens with zero attached hydrogens (tertiary/aromatic N) is 2. The Morgan fingerprint density at radius 2 is 0.756 bits per heavy atom. The second-order valence-electron chi connectivity index (χ2n) is 13.4. The zero-order valence-electron chi connectivity index (χ0n) is 28.9. The van der Waals surface area contributed by atoms with E-state index in [2.05, 4.69) is 42.3 Å². The number of hydrogen-bond donors (Lipinski definition) is 0. The number of aryl methyl sites for hydroxylation is 2. The first-order valence-corrected chi connectivity index (χ1v) is 19.4. The molecule has 0 radical (unpaired) electrons. The summed E-state index contributed by atoms with van der Waals surface area (Å²) in [7, 11) is 0. The Kier molecular flexibility index (Phi) is 28.6. The number of unbranched alkanes of at least 4 members (excludes halogenated alkanes) is 27. The largest absolute Gasteiger partial charge is 0.256 e. The molecule has 0 aromatic carbocycles. The van der Waals surface area contributed by atoms with Gasteiger partial charge in [0, 0.05) is 6.42 Å². The lowest BCUT2D eigenvalue weighted by Gasteiger charge is -2.07. The highest BCUT2D eigenvalue weighted by Crippen LogP contribution is 2.15. The van der Waals surface area contributed by atoms with Crippen LogP contribution in [0.15, 0.2) is 12.4 Å². The topological polar surface area (TPSA) is 8.81 Å². The molecule has 1 rings (SSSR count). The highest BCUT2D eigenvalue weighted by atomic mass is 15.1. The first-order chi connectivity index (χ1) is 20.3. The molecule has 2 nitrogen and oxygen atoms in total. The van der Waals surface area contributed by atoms with Crippen molar-refractivity contribution in [3.63, 3.8) is 0 Å². The number of hydrogen-bond acceptors (Lipinski definition) is 0. The van der Waals surface area contributed by atoms with Gasteiger partial charge in [-0.2, -0.15) is 0 Å². The molecule has 1 aromatic heterocycles. The van der Waals surface area contributed by atoms with Gasteiger partial charge in [0.05, 0.1) is 13.1 Å². The van der Waals surface area contributed by atoms with Gasteiger partial charge >= 0.3 is 0 Å². The predicted molar refractivity (Wildman–Crippen MR) is 184 cm³/mol. The molecule has 0 unspecified atom stereocenters. The van der Waals surface area contributed by atoms with Crippen molar-refractivity contribution in [1.29, 1.82) is 0 Å². The molecule has 0 amide bonds. The van der Waals surface area contributed by atoms with Crippen LogP contribution in [0.4, 0.5) is 0 Å². The Bertz CT molecular complexity index is 634. The van der Waals surface area contributed by atoms with Crippen LogP contribution < -0.4 is 4.57 Å². The SMILES string of the molecule is CCCCCCCCCCCCCCCCCCC[n+]1ccn(CCCCCCCCCC)c1CCCCCCC. The normalized spacial score (nSPS) is 11.6. The Morgan fingerprint density at radius 1 is 0.415 bits per heavy atom. The van der Waals surface area contributed by atoms with Gasteiger partial charge in [-0.05, 0) is 32.1 Å². The van der Waals surface area contributed by atoms with Crippen molar-refractivity contribution >= 4 is 0 Å². The monoisotopic (exact) mass is 574 g/mol. The molecular weight excluding hydrogens is 496 g/mol. The summed E-state index contributed by atoms with van der Waals surface area (Å²) in [6.45, 7) is 9.40. The summed E-state index contributed by atoms with van der Waals surface area (Å²) < 4.78 is 5.24. The lowest BCUT2D eigenvalue weighted by atomic mass is 10.0. The molecule has 0 aliphatic heterocycles. The van der Waals surface area contributed by atoms with E-state index in [1.165, 1.54) is 212 Å². The molecule has 0 spiro atoms. The molecule has 41 heavy (non-hydrogen) atoms. The van der Waals surface area contributed by atoms with E-state index >= 15 is 0 Å². The van der Waals surface area contributed by atoms with Gasteiger partial charge in [-0.25, -0.2) is 9.13 Å². The van der Waals surface area contributed by atoms with E-state index in [-0.39, 0.29) is 0 Å². The highest BCUT2D eigenvalue weighted by molar-refractivity contribution is 4.84. The summed E-state index contributed by atoms with van der Waals surface area (Å²) in [5.74, 6) is 1.61. The zero-order valence-corrected chi connectivity index (χ0v) is 28.9. The minimum atomic E-state index is 1.23. The number of rotatable bonds is 33. The van der Waals surface area contributed by atoms with E-state index < -0.39 is 0 Å². The Labute approximate surface area is 259 Å². The summed E-state index contributed by atoms with van der Waals surface area (Å²) in [6, 6.07) is 0. The Hall–Kier alpha value is -0.790. The van der Waals surface area contributed by atoms with Gasteiger partial charge in [-0.3, -0.25) is 0 Å². The van der Waals surface area contributed by atoms with Crippen LogP contribution in [0, 0.1) is 0 Å². The third kappa shape index (κ3) is 23.4. The molecule has 0 N–H and O–H groups in total. The average molecular weight is 574 g/mol. The maximum atomic E-state index is 2.62. The third-order valence-corrected chi connectivity index (χ3v) is 9.35. The van der Waals surface area contributed by atoms with E-state index in [0.717, 1.165) is 0 Å². The fraction of sp³-hybridized carbons (Fsp3) is 0.923. The van der Waals surface area contributed by atoms with Crippen LogP contribution in [0.3, 0.4) is 0 Å². The van der Waals surface area contributed by atoms with Crippen LogP contribution in [-0.4, -0.2) is 4.57 Å². The Morgan fingerprint density at radius 3 is 1.17 bits per heavy atom. The summed E-state index contributed by atoms with van der Waals surface area (Å²) in [6.07, 6.45) is 48.9. The fourth-order valence-electron chi connectivity index (χ4n) is 6.50. The highest BCUT2D eigenvalue weighted by Gasteiger charge is 2.16. The smallest absolute Gasteiger partial charge is 0.234 e. The van der Waals surface area contributed by atoms with Gasteiger partial charge in [-0.1, -0.05) is 181 Å². The summed E-state index contributed by atoms with van der Waals surface area (Å²) in [5, 5.41) is 0. The first-order valence-electron chi connectivity index (χ1n) is 19.4. The molecule has 2 heteroatoms. The minimum absolute atomic E-state index is 1.23. The van der Waals surface area contributed by atoms with Crippen molar-refractivity contribution < 1.29 is 4.57 Å². The maximum absolute atomic E-state index is 2.62. The van der Waals surface area contributed by atoms with Crippen LogP contribution in [0.5, 0.6) is 0 Å². The Balaban J connectivity index is 2.15. The average Bonchev–Trinajstić information content (AvgIpc) is 3.37. The lowest BCUT2D eigenvalue weighted by molar-refractivity contribution is -0.704. The van der Waals surface area contributed by atoms with Crippen LogP contribution in [0.2, 0.25) is 0 Å². The van der Waals surface area contributed by atoms with Gasteiger partial charge in [0.15, 0.2) is 0 Å². The minimum Gasteiger partial charge on any atom is -0.234 e. The van der Waals surface area contributed by atoms with Crippen molar-refractivity contribution in [3.05, 3.63) is 18.2 Å². The summed E-state index contributed by atoms with van der Waals surface area (Å²) in [4.78, 5) is 0. The second kappa shape index (κ2) is 30.7. The van der Waals surface area contributed by atoms with Gasteiger partial charge in [0.2, 0.25) is 0 Å². The first kappa shape index (κ1) is 38.2. The maximum Gasteiger partial charge on any atom is 0.256 e. The molecule has 0 aliphatic carbocycles. The van der Waals surface area contributed by atoms with Crippen LogP contribution in [-0.2, 0) is 19.5 Å². The molecule has 0 saturated carbocycles. The predicted octanol–water partition coefficient (Wildman–Crippen LogP) is 13.1. The van der Waals surface area contributed by atoms with Crippen molar-refractivity contribution in [3.8, 4) is 0 Å². The molecular formula is C39H77N2+. The van der Waals surface area contributed by atoms with Gasteiger partial charge < -0.3 is 0 Å². The van der Waals surface area contributed by atoms with Gasteiger partial charge in [0.1, 0.15) is 12.4 Å². The molecule has 1 heterocycles. The molecule has 0 saturated heterocycles. The second-order valence-corrected chi connectivity index (χ2v) is 13.4. The fourth-order valence-corrected chi connectivity index (χ4v) is 6.50. The number of imidazole rings is 1. The van der Waals surface area contributed by atoms with E-state index in [1.807, 2.05) is 0 Å². The lowest BCUT2D eigenvalue weighted by Crippen LogP contribution is -2.37. The third-order valence-electron chi connectivity index (χ3n) is 9.35. The van der Waals surface area contributed by atoms with Gasteiger partial charge in [0.25, 0.3) is 5.82 Å². The van der Waals surface area contributed by atoms with Crippen molar-refractivity contribution in [2.75, 3.05) is 0 Å². The van der Waals surface area contributed by atoms with Crippen LogP contribution in [0.1, 0.15) is 219 Å². The quantitative estimate of drug-likeness (QED) is 0.0584. The summed E-state index contributed by atoms with van der Waals surface area (Å²) in [5.41, 5.74) is 0. The molecule has 0 fully saturated rings. The van der Waals surface area contributed by atoms with E-state index in [4.69, 9.17) is 0 Å². The zero-order chi connectivity index (χ0) is 29.5. The molecule has 0 aliphatic rings. The molecule has 0 atom stereocenters. The van der Waals surface area contributed by atoms with Crippen molar-refractivity contribution in [1.82, 2.24) is 4.57 Å².